The maximum Gasteiger partial charge on any atom is 0.141 e. The molecule has 0 amide bonds. The van der Waals surface area contributed by atoms with E-state index < -0.39 is 0 Å². The molecule has 0 aliphatic rings. The highest BCUT2D eigenvalue weighted by molar-refractivity contribution is 14.1. The van der Waals surface area contributed by atoms with Crippen LogP contribution in [0.25, 0.3) is 0 Å². The largest absolute Gasteiger partial charge is 0.365 e. The number of ether oxygens (including phenoxy) is 1. The summed E-state index contributed by atoms with van der Waals surface area (Å²) < 4.78 is 7.24. The lowest BCUT2D eigenvalue weighted by atomic mass is 10.1. The summed E-state index contributed by atoms with van der Waals surface area (Å²) in [6.07, 6.45) is -0.0790. The third-order valence-corrected chi connectivity index (χ3v) is 5.47. The normalized spacial score (nSPS) is 14.2. The number of hydrogen-bond acceptors (Lipinski definition) is 3. The van der Waals surface area contributed by atoms with E-state index >= 15 is 0 Å². The summed E-state index contributed by atoms with van der Waals surface area (Å²) in [4.78, 5) is 4.20. The van der Waals surface area contributed by atoms with E-state index in [1.165, 1.54) is 0 Å². The molecule has 0 aliphatic heterocycles. The number of likely N-dealkylation sites (N-methyl/N-ethyl adjacent to an activating group) is 1. The second-order valence-electron chi connectivity index (χ2n) is 5.31. The Morgan fingerprint density at radius 3 is 2.27 bits per heavy atom. The van der Waals surface area contributed by atoms with E-state index in [1.54, 1.807) is 0 Å². The van der Waals surface area contributed by atoms with Gasteiger partial charge in [0.15, 0.2) is 0 Å². The Morgan fingerprint density at radius 1 is 1.18 bits per heavy atom. The molecule has 0 N–H and O–H groups in total. The van der Waals surface area contributed by atoms with E-state index in [-0.39, 0.29) is 10.2 Å². The lowest BCUT2D eigenvalue weighted by Crippen LogP contribution is -2.49. The van der Waals surface area contributed by atoms with Gasteiger partial charge in [0, 0.05) is 0 Å². The van der Waals surface area contributed by atoms with E-state index in [9.17, 15) is 0 Å². The number of nitrogens with zero attached hydrogens (tertiary/aromatic N) is 2. The number of rotatable bonds is 10. The number of thiocarbonyl (C=S) groups is 1. The molecule has 122 valence electrons. The first-order valence-electron chi connectivity index (χ1n) is 7.85. The Morgan fingerprint density at radius 2 is 1.77 bits per heavy atom. The van der Waals surface area contributed by atoms with Gasteiger partial charge in [-0.25, -0.2) is 4.99 Å². The molecule has 0 spiro atoms. The van der Waals surface area contributed by atoms with Crippen molar-refractivity contribution < 1.29 is 9.22 Å². The molecule has 0 heterocycles. The smallest absolute Gasteiger partial charge is 0.141 e. The lowest BCUT2D eigenvalue weighted by Gasteiger charge is -2.36. The van der Waals surface area contributed by atoms with Crippen molar-refractivity contribution in [2.75, 3.05) is 32.8 Å². The number of isothiocyanates is 1. The van der Waals surface area contributed by atoms with Gasteiger partial charge in [-0.05, 0) is 38.6 Å². The van der Waals surface area contributed by atoms with Gasteiger partial charge in [0.2, 0.25) is 0 Å². The summed E-state index contributed by atoms with van der Waals surface area (Å²) in [5, 5.41) is 2.47. The second-order valence-corrected chi connectivity index (χ2v) is 6.77. The predicted octanol–water partition coefficient (Wildman–Crippen LogP) is 4.48. The highest BCUT2D eigenvalue weighted by atomic mass is 127. The molecule has 0 fully saturated rings. The third-order valence-electron chi connectivity index (χ3n) is 4.43. The van der Waals surface area contributed by atoms with Crippen molar-refractivity contribution in [3.05, 3.63) is 35.9 Å². The minimum atomic E-state index is -0.0790. The minimum Gasteiger partial charge on any atom is -0.365 e. The molecule has 1 rings (SSSR count). The van der Waals surface area contributed by atoms with Crippen LogP contribution in [0.4, 0.5) is 0 Å². The van der Waals surface area contributed by atoms with Crippen molar-refractivity contribution in [2.24, 2.45) is 4.99 Å². The minimum absolute atomic E-state index is 0.0516. The van der Waals surface area contributed by atoms with E-state index in [2.05, 4.69) is 65.6 Å². The molecule has 2 atom stereocenters. The Hall–Kier alpha value is -0.330. The first-order valence-corrected chi connectivity index (χ1v) is 9.50. The van der Waals surface area contributed by atoms with Crippen LogP contribution in [0.1, 0.15) is 32.4 Å². The molecular weight excluding hydrogens is 407 g/mol. The van der Waals surface area contributed by atoms with Crippen LogP contribution in [-0.2, 0) is 4.74 Å². The van der Waals surface area contributed by atoms with Gasteiger partial charge in [-0.3, -0.25) is 0 Å². The molecule has 5 heteroatoms. The van der Waals surface area contributed by atoms with Gasteiger partial charge in [0.1, 0.15) is 16.7 Å². The Balaban J connectivity index is 2.76. The Labute approximate surface area is 153 Å². The summed E-state index contributed by atoms with van der Waals surface area (Å²) in [6, 6.07) is 10.2. The van der Waals surface area contributed by atoms with Crippen molar-refractivity contribution in [1.82, 2.24) is 0 Å². The number of benzene rings is 1. The zero-order chi connectivity index (χ0) is 16.4. The molecule has 1 aromatic rings. The second kappa shape index (κ2) is 10.4. The van der Waals surface area contributed by atoms with Gasteiger partial charge in [0.25, 0.3) is 0 Å². The van der Waals surface area contributed by atoms with Crippen molar-refractivity contribution in [3.8, 4) is 0 Å². The summed E-state index contributed by atoms with van der Waals surface area (Å²) in [5.41, 5.74) is 1.14. The first kappa shape index (κ1) is 19.7. The van der Waals surface area contributed by atoms with Crippen LogP contribution in [-0.4, -0.2) is 46.5 Å². The molecule has 0 aliphatic carbocycles. The van der Waals surface area contributed by atoms with Crippen molar-refractivity contribution in [2.45, 2.75) is 30.9 Å². The molecule has 1 aromatic carbocycles. The number of aliphatic imine (C=N–C) groups is 1. The summed E-state index contributed by atoms with van der Waals surface area (Å²) in [7, 11) is 0. The Kier molecular flexibility index (Phi) is 9.36. The number of quaternary nitrogens is 1. The topological polar surface area (TPSA) is 21.6 Å². The third kappa shape index (κ3) is 5.70. The Bertz CT molecular complexity index is 465. The monoisotopic (exact) mass is 433 g/mol. The average Bonchev–Trinajstić information content (AvgIpc) is 2.57. The molecule has 0 saturated heterocycles. The molecule has 0 saturated carbocycles. The van der Waals surface area contributed by atoms with Crippen LogP contribution in [0, 0.1) is 0 Å². The zero-order valence-corrected chi connectivity index (χ0v) is 16.6. The highest BCUT2D eigenvalue weighted by Gasteiger charge is 2.24. The van der Waals surface area contributed by atoms with Crippen LogP contribution < -0.4 is 0 Å². The van der Waals surface area contributed by atoms with Gasteiger partial charge in [-0.15, -0.1) is 0 Å². The van der Waals surface area contributed by atoms with Crippen LogP contribution in [0.3, 0.4) is 0 Å². The number of hydrogen-bond donors (Lipinski definition) is 0. The van der Waals surface area contributed by atoms with Gasteiger partial charge >= 0.3 is 0 Å². The maximum atomic E-state index is 6.20. The number of halogens is 1. The predicted molar refractivity (Wildman–Crippen MR) is 105 cm³/mol. The fraction of sp³-hybridized carbons (Fsp3) is 0.588. The van der Waals surface area contributed by atoms with Crippen molar-refractivity contribution in [3.63, 3.8) is 0 Å². The van der Waals surface area contributed by atoms with Crippen molar-refractivity contribution in [1.29, 1.82) is 0 Å². The average molecular weight is 433 g/mol. The highest BCUT2D eigenvalue weighted by Crippen LogP contribution is 2.27. The molecular formula is C17H26IN2OS+. The quantitative estimate of drug-likeness (QED) is 0.136. The van der Waals surface area contributed by atoms with E-state index in [1.807, 2.05) is 18.2 Å². The SMILES string of the molecule is CC[N+](CC)(CC)CCOC(c1ccccc1)C(I)N=C=S. The van der Waals surface area contributed by atoms with Crippen LogP contribution in [0.2, 0.25) is 0 Å². The lowest BCUT2D eigenvalue weighted by molar-refractivity contribution is -0.923. The van der Waals surface area contributed by atoms with Crippen LogP contribution in [0.5, 0.6) is 0 Å². The summed E-state index contributed by atoms with van der Waals surface area (Å²) in [5.74, 6) is 0. The zero-order valence-electron chi connectivity index (χ0n) is 13.7. The summed E-state index contributed by atoms with van der Waals surface area (Å²) >= 11 is 7.02. The molecule has 0 bridgehead atoms. The van der Waals surface area contributed by atoms with Gasteiger partial charge in [-0.1, -0.05) is 52.9 Å². The van der Waals surface area contributed by atoms with E-state index in [0.717, 1.165) is 42.8 Å². The van der Waals surface area contributed by atoms with Crippen LogP contribution >= 0.6 is 34.8 Å². The fourth-order valence-electron chi connectivity index (χ4n) is 2.61. The van der Waals surface area contributed by atoms with Gasteiger partial charge in [0.05, 0.1) is 31.4 Å². The van der Waals surface area contributed by atoms with Gasteiger partial charge < -0.3 is 9.22 Å². The standard InChI is InChI=1S/C17H26IN2OS/c1-4-20(5-2,6-3)12-13-21-16(17(18)19-14-22)15-10-8-7-9-11-15/h7-11,16-17H,4-6,12-13H2,1-3H3/q+1. The first-order chi connectivity index (χ1) is 10.6. The molecule has 3 nitrogen and oxygen atoms in total. The summed E-state index contributed by atoms with van der Waals surface area (Å²) in [6.45, 7) is 11.9. The van der Waals surface area contributed by atoms with Crippen LogP contribution in [0.15, 0.2) is 35.3 Å². The maximum absolute atomic E-state index is 6.20. The molecule has 0 radical (unpaired) electrons. The number of alkyl halides is 1. The van der Waals surface area contributed by atoms with Crippen molar-refractivity contribution >= 4 is 40.0 Å². The molecule has 0 aromatic heterocycles. The molecule has 22 heavy (non-hydrogen) atoms. The molecule has 2 unspecified atom stereocenters. The van der Waals surface area contributed by atoms with E-state index in [0.29, 0.717) is 0 Å². The van der Waals surface area contributed by atoms with Gasteiger partial charge in [-0.2, -0.15) is 0 Å². The van der Waals surface area contributed by atoms with E-state index in [4.69, 9.17) is 17.0 Å². The fourth-order valence-corrected chi connectivity index (χ4v) is 3.68.